The van der Waals surface area contributed by atoms with E-state index in [-0.39, 0.29) is 5.91 Å². The van der Waals surface area contributed by atoms with Gasteiger partial charge in [0, 0.05) is 30.8 Å². The summed E-state index contributed by atoms with van der Waals surface area (Å²) in [6.45, 7) is 0.489. The first kappa shape index (κ1) is 16.4. The van der Waals surface area contributed by atoms with Gasteiger partial charge in [0.15, 0.2) is 0 Å². The highest BCUT2D eigenvalue weighted by atomic mass is 16.5. The largest absolute Gasteiger partial charge is 0.497 e. The molecule has 4 nitrogen and oxygen atoms in total. The maximum Gasteiger partial charge on any atom is 0.253 e. The second-order valence-electron chi connectivity index (χ2n) is 6.18. The van der Waals surface area contributed by atoms with Gasteiger partial charge in [-0.3, -0.25) is 4.79 Å². The molecule has 24 heavy (non-hydrogen) atoms. The highest BCUT2D eigenvalue weighted by molar-refractivity contribution is 5.94. The quantitative estimate of drug-likeness (QED) is 0.845. The van der Waals surface area contributed by atoms with Crippen LogP contribution in [0.15, 0.2) is 36.4 Å². The van der Waals surface area contributed by atoms with E-state index in [2.05, 4.69) is 6.07 Å². The van der Waals surface area contributed by atoms with Gasteiger partial charge in [-0.15, -0.1) is 0 Å². The van der Waals surface area contributed by atoms with Gasteiger partial charge in [0.05, 0.1) is 14.2 Å². The Labute approximate surface area is 143 Å². The SMILES string of the molecule is COc1ccc(CN(C)C(=O)c2ccc3c(c2)CCC3)c(OC)c1. The Morgan fingerprint density at radius 3 is 2.58 bits per heavy atom. The minimum absolute atomic E-state index is 0.0302. The first-order chi connectivity index (χ1) is 11.6. The molecule has 0 spiro atoms. The van der Waals surface area contributed by atoms with E-state index in [9.17, 15) is 4.79 Å². The van der Waals surface area contributed by atoms with E-state index in [0.29, 0.717) is 6.54 Å². The Balaban J connectivity index is 1.77. The van der Waals surface area contributed by atoms with Crippen molar-refractivity contribution < 1.29 is 14.3 Å². The number of fused-ring (bicyclic) bond motifs is 1. The second-order valence-corrected chi connectivity index (χ2v) is 6.18. The Bertz CT molecular complexity index is 755. The van der Waals surface area contributed by atoms with Crippen molar-refractivity contribution in [1.29, 1.82) is 0 Å². The molecule has 126 valence electrons. The minimum Gasteiger partial charge on any atom is -0.497 e. The second kappa shape index (κ2) is 6.95. The van der Waals surface area contributed by atoms with Crippen LogP contribution >= 0.6 is 0 Å². The number of aryl methyl sites for hydroxylation is 2. The Kier molecular flexibility index (Phi) is 4.74. The number of benzene rings is 2. The maximum absolute atomic E-state index is 12.7. The molecule has 0 radical (unpaired) electrons. The van der Waals surface area contributed by atoms with Crippen LogP contribution in [0.2, 0.25) is 0 Å². The molecule has 0 bridgehead atoms. The van der Waals surface area contributed by atoms with E-state index in [0.717, 1.165) is 35.5 Å². The summed E-state index contributed by atoms with van der Waals surface area (Å²) >= 11 is 0. The predicted octanol–water partition coefficient (Wildman–Crippen LogP) is 3.46. The summed E-state index contributed by atoms with van der Waals surface area (Å²) in [5.74, 6) is 1.49. The monoisotopic (exact) mass is 325 g/mol. The van der Waals surface area contributed by atoms with Gasteiger partial charge >= 0.3 is 0 Å². The normalized spacial score (nSPS) is 12.6. The molecule has 2 aromatic rings. The van der Waals surface area contributed by atoms with Gasteiger partial charge in [-0.2, -0.15) is 0 Å². The van der Waals surface area contributed by atoms with Crippen molar-refractivity contribution in [2.75, 3.05) is 21.3 Å². The van der Waals surface area contributed by atoms with Gasteiger partial charge in [0.2, 0.25) is 0 Å². The molecule has 0 unspecified atom stereocenters. The summed E-state index contributed by atoms with van der Waals surface area (Å²) in [6.07, 6.45) is 3.39. The molecule has 0 saturated carbocycles. The van der Waals surface area contributed by atoms with Crippen molar-refractivity contribution >= 4 is 5.91 Å². The summed E-state index contributed by atoms with van der Waals surface area (Å²) in [5.41, 5.74) is 4.41. The number of amides is 1. The van der Waals surface area contributed by atoms with Crippen LogP contribution in [0.3, 0.4) is 0 Å². The van der Waals surface area contributed by atoms with Crippen LogP contribution in [0.4, 0.5) is 0 Å². The molecule has 0 heterocycles. The van der Waals surface area contributed by atoms with Gasteiger partial charge in [-0.1, -0.05) is 6.07 Å². The highest BCUT2D eigenvalue weighted by Gasteiger charge is 2.18. The van der Waals surface area contributed by atoms with Crippen LogP contribution in [0, 0.1) is 0 Å². The molecule has 4 heteroatoms. The van der Waals surface area contributed by atoms with Crippen LogP contribution in [0.25, 0.3) is 0 Å². The maximum atomic E-state index is 12.7. The zero-order chi connectivity index (χ0) is 17.1. The standard InChI is InChI=1S/C20H23NO3/c1-21(13-17-9-10-18(23-2)12-19(17)24-3)20(22)16-8-7-14-5-4-6-15(14)11-16/h7-12H,4-6,13H2,1-3H3. The first-order valence-corrected chi connectivity index (χ1v) is 8.20. The van der Waals surface area contributed by atoms with Crippen LogP contribution < -0.4 is 9.47 Å². The third kappa shape index (κ3) is 3.23. The van der Waals surface area contributed by atoms with Crippen molar-refractivity contribution in [3.8, 4) is 11.5 Å². The fraction of sp³-hybridized carbons (Fsp3) is 0.350. The van der Waals surface area contributed by atoms with E-state index in [1.54, 1.807) is 19.1 Å². The first-order valence-electron chi connectivity index (χ1n) is 8.20. The molecule has 1 aliphatic carbocycles. The summed E-state index contributed by atoms with van der Waals surface area (Å²) in [6, 6.07) is 11.7. The molecule has 0 fully saturated rings. The van der Waals surface area contributed by atoms with Crippen molar-refractivity contribution in [3.05, 3.63) is 58.7 Å². The number of carbonyl (C=O) groups excluding carboxylic acids is 1. The number of ether oxygens (including phenoxy) is 2. The fourth-order valence-electron chi connectivity index (χ4n) is 3.24. The molecular weight excluding hydrogens is 302 g/mol. The average Bonchev–Trinajstić information content (AvgIpc) is 3.08. The van der Waals surface area contributed by atoms with E-state index < -0.39 is 0 Å². The zero-order valence-electron chi connectivity index (χ0n) is 14.5. The van der Waals surface area contributed by atoms with Crippen LogP contribution in [0.1, 0.15) is 33.5 Å². The number of hydrogen-bond donors (Lipinski definition) is 0. The van der Waals surface area contributed by atoms with E-state index >= 15 is 0 Å². The molecule has 0 aliphatic heterocycles. The summed E-state index contributed by atoms with van der Waals surface area (Å²) < 4.78 is 10.6. The lowest BCUT2D eigenvalue weighted by molar-refractivity contribution is 0.0784. The summed E-state index contributed by atoms with van der Waals surface area (Å²) in [7, 11) is 5.07. The number of hydrogen-bond acceptors (Lipinski definition) is 3. The summed E-state index contributed by atoms with van der Waals surface area (Å²) in [5, 5.41) is 0. The van der Waals surface area contributed by atoms with E-state index in [1.165, 1.54) is 17.5 Å². The molecular formula is C20H23NO3. The van der Waals surface area contributed by atoms with Gasteiger partial charge in [-0.25, -0.2) is 0 Å². The lowest BCUT2D eigenvalue weighted by atomic mass is 10.1. The molecule has 0 atom stereocenters. The lowest BCUT2D eigenvalue weighted by Crippen LogP contribution is -2.26. The molecule has 2 aromatic carbocycles. The molecule has 0 N–H and O–H groups in total. The number of methoxy groups -OCH3 is 2. The molecule has 0 aromatic heterocycles. The van der Waals surface area contributed by atoms with Gasteiger partial charge in [-0.05, 0) is 54.7 Å². The van der Waals surface area contributed by atoms with Crippen molar-refractivity contribution in [3.63, 3.8) is 0 Å². The molecule has 0 saturated heterocycles. The molecule has 1 amide bonds. The van der Waals surface area contributed by atoms with Gasteiger partial charge in [0.1, 0.15) is 11.5 Å². The van der Waals surface area contributed by atoms with Gasteiger partial charge in [0.25, 0.3) is 5.91 Å². The van der Waals surface area contributed by atoms with E-state index in [1.807, 2.05) is 37.4 Å². The van der Waals surface area contributed by atoms with Crippen molar-refractivity contribution in [2.24, 2.45) is 0 Å². The third-order valence-electron chi connectivity index (χ3n) is 4.59. The minimum atomic E-state index is 0.0302. The predicted molar refractivity (Wildman–Crippen MR) is 93.8 cm³/mol. The van der Waals surface area contributed by atoms with Crippen LogP contribution in [-0.2, 0) is 19.4 Å². The average molecular weight is 325 g/mol. The Hall–Kier alpha value is -2.49. The lowest BCUT2D eigenvalue weighted by Gasteiger charge is -2.20. The van der Waals surface area contributed by atoms with Crippen LogP contribution in [-0.4, -0.2) is 32.1 Å². The highest BCUT2D eigenvalue weighted by Crippen LogP contribution is 2.27. The smallest absolute Gasteiger partial charge is 0.253 e. The number of rotatable bonds is 5. The summed E-state index contributed by atoms with van der Waals surface area (Å²) in [4.78, 5) is 14.5. The fourth-order valence-corrected chi connectivity index (χ4v) is 3.24. The number of nitrogens with zero attached hydrogens (tertiary/aromatic N) is 1. The number of carbonyl (C=O) groups is 1. The Morgan fingerprint density at radius 1 is 1.04 bits per heavy atom. The van der Waals surface area contributed by atoms with Crippen molar-refractivity contribution in [1.82, 2.24) is 4.90 Å². The van der Waals surface area contributed by atoms with Gasteiger partial charge < -0.3 is 14.4 Å². The van der Waals surface area contributed by atoms with E-state index in [4.69, 9.17) is 9.47 Å². The molecule has 3 rings (SSSR count). The van der Waals surface area contributed by atoms with Crippen molar-refractivity contribution in [2.45, 2.75) is 25.8 Å². The topological polar surface area (TPSA) is 38.8 Å². The van der Waals surface area contributed by atoms with Crippen LogP contribution in [0.5, 0.6) is 11.5 Å². The Morgan fingerprint density at radius 2 is 1.83 bits per heavy atom. The third-order valence-corrected chi connectivity index (χ3v) is 4.59. The molecule has 1 aliphatic rings. The zero-order valence-corrected chi connectivity index (χ0v) is 14.5.